The van der Waals surface area contributed by atoms with Crippen LogP contribution in [-0.4, -0.2) is 47.1 Å². The molecule has 148 valence electrons. The Morgan fingerprint density at radius 3 is 2.67 bits per heavy atom. The van der Waals surface area contributed by atoms with Crippen molar-refractivity contribution in [3.8, 4) is 0 Å². The van der Waals surface area contributed by atoms with E-state index in [1.165, 1.54) is 0 Å². The van der Waals surface area contributed by atoms with E-state index >= 15 is 0 Å². The minimum atomic E-state index is 0. The van der Waals surface area contributed by atoms with Gasteiger partial charge in [-0.1, -0.05) is 25.9 Å². The molecule has 1 unspecified atom stereocenters. The molecule has 1 saturated carbocycles. The van der Waals surface area contributed by atoms with E-state index in [2.05, 4.69) is 36.2 Å². The topological polar surface area (TPSA) is 71.3 Å². The first-order valence-electron chi connectivity index (χ1n) is 9.60. The van der Waals surface area contributed by atoms with Crippen molar-refractivity contribution in [1.82, 2.24) is 20.4 Å². The van der Waals surface area contributed by atoms with Crippen LogP contribution in [0.3, 0.4) is 0 Å². The van der Waals surface area contributed by atoms with Gasteiger partial charge in [0, 0.05) is 31.2 Å². The van der Waals surface area contributed by atoms with Gasteiger partial charge >= 0.3 is 0 Å². The number of hydrogen-bond donors (Lipinski definition) is 1. The van der Waals surface area contributed by atoms with Gasteiger partial charge in [0.15, 0.2) is 0 Å². The highest BCUT2D eigenvalue weighted by Gasteiger charge is 2.32. The number of nitrogens with zero attached hydrogens (tertiary/aromatic N) is 3. The summed E-state index contributed by atoms with van der Waals surface area (Å²) in [6.07, 6.45) is 4.01. The molecule has 0 aromatic carbocycles. The van der Waals surface area contributed by atoms with Crippen LogP contribution < -0.4 is 5.32 Å². The molecule has 3 heterocycles. The van der Waals surface area contributed by atoms with Crippen molar-refractivity contribution in [1.29, 1.82) is 0 Å². The van der Waals surface area contributed by atoms with E-state index in [1.807, 2.05) is 18.0 Å². The second-order valence-corrected chi connectivity index (χ2v) is 8.98. The van der Waals surface area contributed by atoms with Gasteiger partial charge in [0.1, 0.15) is 0 Å². The molecule has 6 nitrogen and oxygen atoms in total. The Labute approximate surface area is 166 Å². The van der Waals surface area contributed by atoms with Gasteiger partial charge < -0.3 is 14.7 Å². The Morgan fingerprint density at radius 1 is 1.33 bits per heavy atom. The lowest BCUT2D eigenvalue weighted by atomic mass is 9.89. The van der Waals surface area contributed by atoms with E-state index in [-0.39, 0.29) is 29.8 Å². The molecule has 0 bridgehead atoms. The number of amides is 1. The van der Waals surface area contributed by atoms with Crippen molar-refractivity contribution in [3.63, 3.8) is 0 Å². The van der Waals surface area contributed by atoms with Crippen LogP contribution in [0.15, 0.2) is 10.6 Å². The van der Waals surface area contributed by atoms with Crippen molar-refractivity contribution in [2.45, 2.75) is 58.4 Å². The molecule has 1 aliphatic carbocycles. The molecular weight excluding hydrogens is 364 g/mol. The predicted molar refractivity (Wildman–Crippen MR) is 108 cm³/mol. The average molecular weight is 393 g/mol. The van der Waals surface area contributed by atoms with Crippen molar-refractivity contribution in [3.05, 3.63) is 23.0 Å². The number of hydrogen-bond acceptors (Lipinski definition) is 5. The fourth-order valence-electron chi connectivity index (χ4n) is 3.74. The minimum Gasteiger partial charge on any atom is -0.337 e. The van der Waals surface area contributed by atoms with Crippen LogP contribution in [0.5, 0.6) is 0 Å². The number of aromatic nitrogens is 2. The highest BCUT2D eigenvalue weighted by molar-refractivity contribution is 6.06. The molecule has 2 fully saturated rings. The first-order chi connectivity index (χ1) is 12.3. The molecule has 4 rings (SSSR count). The first-order valence-corrected chi connectivity index (χ1v) is 9.60. The molecule has 0 radical (unpaired) electrons. The summed E-state index contributed by atoms with van der Waals surface area (Å²) in [5, 5.41) is 8.42. The molecule has 1 N–H and O–H groups in total. The van der Waals surface area contributed by atoms with Gasteiger partial charge in [-0.2, -0.15) is 0 Å². The normalized spacial score (nSPS) is 19.9. The highest BCUT2D eigenvalue weighted by Crippen LogP contribution is 2.41. The smallest absolute Gasteiger partial charge is 0.259 e. The Morgan fingerprint density at radius 2 is 2.07 bits per heavy atom. The van der Waals surface area contributed by atoms with Gasteiger partial charge in [-0.25, -0.2) is 4.98 Å². The maximum Gasteiger partial charge on any atom is 0.259 e. The summed E-state index contributed by atoms with van der Waals surface area (Å²) >= 11 is 0. The third-order valence-corrected chi connectivity index (χ3v) is 5.36. The van der Waals surface area contributed by atoms with Gasteiger partial charge in [-0.3, -0.25) is 4.79 Å². The molecule has 2 aliphatic rings. The van der Waals surface area contributed by atoms with Gasteiger partial charge in [-0.05, 0) is 43.7 Å². The van der Waals surface area contributed by atoms with Crippen LogP contribution in [0.25, 0.3) is 11.1 Å². The number of halogens is 1. The number of pyridine rings is 1. The lowest BCUT2D eigenvalue weighted by Gasteiger charge is -2.24. The molecule has 0 spiro atoms. The molecule has 1 saturated heterocycles. The minimum absolute atomic E-state index is 0. The third kappa shape index (κ3) is 4.11. The zero-order valence-electron chi connectivity index (χ0n) is 16.5. The van der Waals surface area contributed by atoms with E-state index in [1.54, 1.807) is 0 Å². The first kappa shape index (κ1) is 20.1. The van der Waals surface area contributed by atoms with Crippen LogP contribution in [0.4, 0.5) is 0 Å². The Kier molecular flexibility index (Phi) is 5.50. The fourth-order valence-corrected chi connectivity index (χ4v) is 3.74. The number of carbonyl (C=O) groups is 1. The monoisotopic (exact) mass is 392 g/mol. The Balaban J connectivity index is 0.00000210. The Bertz CT molecular complexity index is 832. The molecule has 1 aliphatic heterocycles. The zero-order chi connectivity index (χ0) is 18.5. The Hall–Kier alpha value is -1.66. The van der Waals surface area contributed by atoms with Crippen molar-refractivity contribution < 1.29 is 9.32 Å². The molecule has 1 amide bonds. The summed E-state index contributed by atoms with van der Waals surface area (Å²) in [5.74, 6) is 0.506. The van der Waals surface area contributed by atoms with Gasteiger partial charge in [0.05, 0.1) is 16.6 Å². The lowest BCUT2D eigenvalue weighted by Crippen LogP contribution is -2.38. The molecule has 1 atom stereocenters. The molecular formula is C20H29ClN4O2. The summed E-state index contributed by atoms with van der Waals surface area (Å²) in [6, 6.07) is 2.23. The van der Waals surface area contributed by atoms with Crippen molar-refractivity contribution in [2.75, 3.05) is 20.1 Å². The van der Waals surface area contributed by atoms with Crippen molar-refractivity contribution in [2.24, 2.45) is 5.41 Å². The quantitative estimate of drug-likeness (QED) is 0.861. The van der Waals surface area contributed by atoms with Gasteiger partial charge in [0.25, 0.3) is 11.6 Å². The number of carbonyl (C=O) groups excluding carboxylic acids is 1. The second-order valence-electron chi connectivity index (χ2n) is 8.98. The van der Waals surface area contributed by atoms with E-state index in [4.69, 9.17) is 4.52 Å². The lowest BCUT2D eigenvalue weighted by molar-refractivity contribution is 0.0745. The number of fused-ring (bicyclic) bond motifs is 1. The van der Waals surface area contributed by atoms with Gasteiger partial charge in [-0.15, -0.1) is 12.4 Å². The maximum absolute atomic E-state index is 13.4. The average Bonchev–Trinajstić information content (AvgIpc) is 3.15. The molecule has 7 heteroatoms. The van der Waals surface area contributed by atoms with E-state index in [0.717, 1.165) is 55.5 Å². The fraction of sp³-hybridized carbons (Fsp3) is 0.650. The maximum atomic E-state index is 13.4. The van der Waals surface area contributed by atoms with Gasteiger partial charge in [0.2, 0.25) is 0 Å². The summed E-state index contributed by atoms with van der Waals surface area (Å²) in [7, 11) is 1.90. The summed E-state index contributed by atoms with van der Waals surface area (Å²) in [6.45, 7) is 8.31. The zero-order valence-corrected chi connectivity index (χ0v) is 17.4. The summed E-state index contributed by atoms with van der Waals surface area (Å²) in [4.78, 5) is 19.9. The SMILES string of the molecule is CN(C(=O)c1cc(C2CC2)nc2onc(CC(C)(C)C)c12)C1CCNC1.Cl. The van der Waals surface area contributed by atoms with E-state index in [9.17, 15) is 4.79 Å². The predicted octanol–water partition coefficient (Wildman–Crippen LogP) is 3.54. The van der Waals surface area contributed by atoms with Crippen LogP contribution in [0, 0.1) is 5.41 Å². The van der Waals surface area contributed by atoms with Crippen LogP contribution >= 0.6 is 12.4 Å². The second kappa shape index (κ2) is 7.40. The standard InChI is InChI=1S/C20H28N4O2.ClH/c1-20(2,3)10-16-17-14(19(25)24(4)13-7-8-21-11-13)9-15(12-5-6-12)22-18(17)26-23-16;/h9,12-13,21H,5-8,10-11H2,1-4H3;1H. The number of nitrogens with one attached hydrogen (secondary N) is 1. The van der Waals surface area contributed by atoms with E-state index < -0.39 is 0 Å². The summed E-state index contributed by atoms with van der Waals surface area (Å²) in [5.41, 5.74) is 3.07. The largest absolute Gasteiger partial charge is 0.337 e. The van der Waals surface area contributed by atoms with E-state index in [0.29, 0.717) is 17.2 Å². The van der Waals surface area contributed by atoms with Crippen molar-refractivity contribution >= 4 is 29.4 Å². The highest BCUT2D eigenvalue weighted by atomic mass is 35.5. The third-order valence-electron chi connectivity index (χ3n) is 5.36. The number of rotatable bonds is 4. The molecule has 27 heavy (non-hydrogen) atoms. The number of likely N-dealkylation sites (N-methyl/N-ethyl adjacent to an activating group) is 1. The van der Waals surface area contributed by atoms with Crippen LogP contribution in [0.2, 0.25) is 0 Å². The summed E-state index contributed by atoms with van der Waals surface area (Å²) < 4.78 is 5.57. The van der Waals surface area contributed by atoms with Crippen LogP contribution in [0.1, 0.15) is 67.7 Å². The molecule has 2 aromatic heterocycles. The van der Waals surface area contributed by atoms with Crippen LogP contribution in [-0.2, 0) is 6.42 Å². The molecule has 2 aromatic rings.